The third-order valence-electron chi connectivity index (χ3n) is 5.27. The highest BCUT2D eigenvalue weighted by Crippen LogP contribution is 2.26. The van der Waals surface area contributed by atoms with Gasteiger partial charge in [0.1, 0.15) is 5.75 Å². The van der Waals surface area contributed by atoms with E-state index in [4.69, 9.17) is 4.74 Å². The van der Waals surface area contributed by atoms with Gasteiger partial charge in [0.25, 0.3) is 0 Å². The summed E-state index contributed by atoms with van der Waals surface area (Å²) in [5.74, 6) is 0.433. The molecule has 0 spiro atoms. The van der Waals surface area contributed by atoms with E-state index in [0.29, 0.717) is 17.7 Å². The van der Waals surface area contributed by atoms with Gasteiger partial charge in [-0.15, -0.1) is 0 Å². The van der Waals surface area contributed by atoms with Gasteiger partial charge in [-0.1, -0.05) is 0 Å². The molecule has 30 heavy (non-hydrogen) atoms. The van der Waals surface area contributed by atoms with Crippen LogP contribution in [0.3, 0.4) is 0 Å². The van der Waals surface area contributed by atoms with Crippen LogP contribution in [0.2, 0.25) is 0 Å². The minimum Gasteiger partial charge on any atom is -0.496 e. The van der Waals surface area contributed by atoms with Crippen molar-refractivity contribution >= 4 is 27.3 Å². The van der Waals surface area contributed by atoms with Crippen LogP contribution in [-0.4, -0.2) is 52.9 Å². The number of nitrogens with one attached hydrogen (secondary N) is 1. The highest BCUT2D eigenvalue weighted by molar-refractivity contribution is 7.89. The third-order valence-corrected chi connectivity index (χ3v) is 7.09. The zero-order valence-corrected chi connectivity index (χ0v) is 18.5. The largest absolute Gasteiger partial charge is 0.496 e. The van der Waals surface area contributed by atoms with Crippen molar-refractivity contribution in [3.63, 3.8) is 0 Å². The van der Waals surface area contributed by atoms with Gasteiger partial charge in [-0.3, -0.25) is 4.79 Å². The summed E-state index contributed by atoms with van der Waals surface area (Å²) in [7, 11) is 0.955. The van der Waals surface area contributed by atoms with Gasteiger partial charge in [-0.05, 0) is 67.3 Å². The molecule has 162 valence electrons. The van der Waals surface area contributed by atoms with Crippen LogP contribution in [0.5, 0.6) is 5.75 Å². The van der Waals surface area contributed by atoms with E-state index in [2.05, 4.69) is 10.2 Å². The molecule has 0 bridgehead atoms. The SMILES string of the molecule is COc1ccc(S(=O)(=O)N(C)C)cc1CCC(=O)Nc1ccc(N2CCCC2)cc1. The number of rotatable bonds is 8. The average molecular weight is 432 g/mol. The zero-order valence-electron chi connectivity index (χ0n) is 17.7. The molecule has 1 aliphatic rings. The van der Waals surface area contributed by atoms with Gasteiger partial charge < -0.3 is 15.0 Å². The fourth-order valence-corrected chi connectivity index (χ4v) is 4.48. The van der Waals surface area contributed by atoms with Gasteiger partial charge >= 0.3 is 0 Å². The van der Waals surface area contributed by atoms with E-state index in [1.165, 1.54) is 45.8 Å². The molecule has 0 saturated carbocycles. The van der Waals surface area contributed by atoms with Crippen molar-refractivity contribution in [3.05, 3.63) is 48.0 Å². The molecule has 0 atom stereocenters. The predicted octanol–water partition coefficient (Wildman–Crippen LogP) is 3.12. The number of sulfonamides is 1. The highest BCUT2D eigenvalue weighted by Gasteiger charge is 2.19. The van der Waals surface area contributed by atoms with Crippen molar-refractivity contribution in [2.24, 2.45) is 0 Å². The second-order valence-corrected chi connectivity index (χ2v) is 9.70. The van der Waals surface area contributed by atoms with Crippen LogP contribution in [0.1, 0.15) is 24.8 Å². The lowest BCUT2D eigenvalue weighted by Crippen LogP contribution is -2.22. The van der Waals surface area contributed by atoms with Crippen LogP contribution < -0.4 is 15.0 Å². The van der Waals surface area contributed by atoms with Gasteiger partial charge in [-0.2, -0.15) is 0 Å². The van der Waals surface area contributed by atoms with Crippen LogP contribution in [-0.2, 0) is 21.2 Å². The van der Waals surface area contributed by atoms with Crippen LogP contribution in [0.25, 0.3) is 0 Å². The third kappa shape index (κ3) is 5.12. The Bertz CT molecular complexity index is 982. The minimum absolute atomic E-state index is 0.133. The predicted molar refractivity (Wildman–Crippen MR) is 119 cm³/mol. The second-order valence-electron chi connectivity index (χ2n) is 7.55. The average Bonchev–Trinajstić information content (AvgIpc) is 3.27. The van der Waals surface area contributed by atoms with E-state index < -0.39 is 10.0 Å². The number of anilines is 2. The molecule has 0 aromatic heterocycles. The number of benzene rings is 2. The first-order valence-corrected chi connectivity index (χ1v) is 11.5. The highest BCUT2D eigenvalue weighted by atomic mass is 32.2. The smallest absolute Gasteiger partial charge is 0.242 e. The molecule has 0 aliphatic carbocycles. The lowest BCUT2D eigenvalue weighted by molar-refractivity contribution is -0.116. The lowest BCUT2D eigenvalue weighted by atomic mass is 10.1. The maximum atomic E-state index is 12.4. The van der Waals surface area contributed by atoms with Crippen molar-refractivity contribution < 1.29 is 17.9 Å². The number of carbonyl (C=O) groups is 1. The van der Waals surface area contributed by atoms with E-state index >= 15 is 0 Å². The summed E-state index contributed by atoms with van der Waals surface area (Å²) in [6, 6.07) is 12.6. The number of ether oxygens (including phenoxy) is 1. The fourth-order valence-electron chi connectivity index (χ4n) is 3.52. The quantitative estimate of drug-likeness (QED) is 0.695. The standard InChI is InChI=1S/C22H29N3O4S/c1-24(2)30(27,28)20-11-12-21(29-3)17(16-20)6-13-22(26)23-18-7-9-19(10-8-18)25-14-4-5-15-25/h7-12,16H,4-6,13-15H2,1-3H3,(H,23,26). The van der Waals surface area contributed by atoms with E-state index in [-0.39, 0.29) is 17.2 Å². The normalized spacial score (nSPS) is 14.2. The number of hydrogen-bond acceptors (Lipinski definition) is 5. The Morgan fingerprint density at radius 1 is 1.10 bits per heavy atom. The molecule has 0 radical (unpaired) electrons. The van der Waals surface area contributed by atoms with Gasteiger partial charge in [0.2, 0.25) is 15.9 Å². The maximum Gasteiger partial charge on any atom is 0.242 e. The Morgan fingerprint density at radius 3 is 2.37 bits per heavy atom. The monoisotopic (exact) mass is 431 g/mol. The first kappa shape index (κ1) is 22.1. The summed E-state index contributed by atoms with van der Waals surface area (Å²) in [6.07, 6.45) is 3.03. The van der Waals surface area contributed by atoms with E-state index in [0.717, 1.165) is 23.1 Å². The second kappa shape index (κ2) is 9.49. The van der Waals surface area contributed by atoms with E-state index in [1.54, 1.807) is 12.1 Å². The summed E-state index contributed by atoms with van der Waals surface area (Å²) in [6.45, 7) is 2.16. The maximum absolute atomic E-state index is 12.4. The van der Waals surface area contributed by atoms with E-state index in [9.17, 15) is 13.2 Å². The van der Waals surface area contributed by atoms with Crippen LogP contribution >= 0.6 is 0 Å². The molecular weight excluding hydrogens is 402 g/mol. The Labute approximate surface area is 178 Å². The fraction of sp³-hybridized carbons (Fsp3) is 0.409. The summed E-state index contributed by atoms with van der Waals surface area (Å²) in [5.41, 5.74) is 2.60. The van der Waals surface area contributed by atoms with Crippen molar-refractivity contribution in [2.45, 2.75) is 30.6 Å². The molecule has 3 rings (SSSR count). The van der Waals surface area contributed by atoms with E-state index in [1.807, 2.05) is 24.3 Å². The molecule has 1 saturated heterocycles. The first-order chi connectivity index (χ1) is 14.3. The molecule has 1 aliphatic heterocycles. The minimum atomic E-state index is -3.55. The van der Waals surface area contributed by atoms with Crippen LogP contribution in [0.15, 0.2) is 47.4 Å². The Morgan fingerprint density at radius 2 is 1.77 bits per heavy atom. The van der Waals surface area contributed by atoms with Gasteiger partial charge in [0.05, 0.1) is 12.0 Å². The number of aryl methyl sites for hydroxylation is 1. The number of methoxy groups -OCH3 is 1. The molecule has 2 aromatic carbocycles. The molecule has 2 aromatic rings. The van der Waals surface area contributed by atoms with Crippen molar-refractivity contribution in [2.75, 3.05) is 44.5 Å². The zero-order chi connectivity index (χ0) is 21.7. The van der Waals surface area contributed by atoms with Crippen molar-refractivity contribution in [3.8, 4) is 5.75 Å². The van der Waals surface area contributed by atoms with Crippen molar-refractivity contribution in [1.29, 1.82) is 0 Å². The molecule has 8 heteroatoms. The topological polar surface area (TPSA) is 79.0 Å². The summed E-state index contributed by atoms with van der Waals surface area (Å²) < 4.78 is 31.3. The molecule has 7 nitrogen and oxygen atoms in total. The molecule has 1 N–H and O–H groups in total. The van der Waals surface area contributed by atoms with Crippen molar-refractivity contribution in [1.82, 2.24) is 4.31 Å². The molecule has 1 fully saturated rings. The molecular formula is C22H29N3O4S. The number of nitrogens with zero attached hydrogens (tertiary/aromatic N) is 2. The van der Waals surface area contributed by atoms with Gasteiger partial charge in [0, 0.05) is 45.0 Å². The Balaban J connectivity index is 1.63. The molecule has 0 unspecified atom stereocenters. The summed E-state index contributed by atoms with van der Waals surface area (Å²) in [4.78, 5) is 14.9. The van der Waals surface area contributed by atoms with Crippen LogP contribution in [0.4, 0.5) is 11.4 Å². The molecule has 1 heterocycles. The van der Waals surface area contributed by atoms with Crippen LogP contribution in [0, 0.1) is 0 Å². The summed E-state index contributed by atoms with van der Waals surface area (Å²) in [5, 5.41) is 2.91. The van der Waals surface area contributed by atoms with Gasteiger partial charge in [0.15, 0.2) is 0 Å². The Hall–Kier alpha value is -2.58. The number of amides is 1. The molecule has 1 amide bonds. The number of carbonyl (C=O) groups excluding carboxylic acids is 1. The Kier molecular flexibility index (Phi) is 6.99. The summed E-state index contributed by atoms with van der Waals surface area (Å²) >= 11 is 0. The number of hydrogen-bond donors (Lipinski definition) is 1. The first-order valence-electron chi connectivity index (χ1n) is 10.1. The van der Waals surface area contributed by atoms with Gasteiger partial charge in [-0.25, -0.2) is 12.7 Å². The lowest BCUT2D eigenvalue weighted by Gasteiger charge is -2.18.